The SMILES string of the molecule is CCCC(SSSC(CCC)C(=O)O)C(=O)O. The van der Waals surface area contributed by atoms with E-state index in [1.54, 1.807) is 0 Å². The zero-order valence-corrected chi connectivity index (χ0v) is 12.4. The van der Waals surface area contributed by atoms with Crippen LogP contribution in [0.25, 0.3) is 0 Å². The molecule has 0 spiro atoms. The zero-order valence-electron chi connectivity index (χ0n) is 9.92. The molecule has 0 saturated carbocycles. The van der Waals surface area contributed by atoms with E-state index in [1.165, 1.54) is 31.4 Å². The fraction of sp³-hybridized carbons (Fsp3) is 0.800. The normalized spacial score (nSPS) is 14.2. The lowest BCUT2D eigenvalue weighted by atomic mass is 10.2. The van der Waals surface area contributed by atoms with Gasteiger partial charge in [0, 0.05) is 0 Å². The number of hydrogen-bond donors (Lipinski definition) is 2. The second-order valence-electron chi connectivity index (χ2n) is 3.49. The van der Waals surface area contributed by atoms with Crippen molar-refractivity contribution in [1.82, 2.24) is 0 Å². The maximum absolute atomic E-state index is 10.9. The molecule has 0 aromatic rings. The Kier molecular flexibility index (Phi) is 9.96. The Balaban J connectivity index is 3.99. The highest BCUT2D eigenvalue weighted by molar-refractivity contribution is 9.09. The largest absolute Gasteiger partial charge is 0.480 e. The van der Waals surface area contributed by atoms with E-state index in [1.807, 2.05) is 13.8 Å². The van der Waals surface area contributed by atoms with Gasteiger partial charge in [-0.1, -0.05) is 48.3 Å². The second-order valence-corrected chi connectivity index (χ2v) is 7.94. The Bertz CT molecular complexity index is 224. The second kappa shape index (κ2) is 9.96. The van der Waals surface area contributed by atoms with Crippen LogP contribution in [-0.2, 0) is 9.59 Å². The molecule has 0 aliphatic rings. The molecule has 0 amide bonds. The predicted octanol–water partition coefficient (Wildman–Crippen LogP) is 3.52. The van der Waals surface area contributed by atoms with Crippen molar-refractivity contribution < 1.29 is 19.8 Å². The highest BCUT2D eigenvalue weighted by Gasteiger charge is 2.21. The van der Waals surface area contributed by atoms with Gasteiger partial charge in [-0.15, -0.1) is 0 Å². The van der Waals surface area contributed by atoms with Crippen LogP contribution in [0.4, 0.5) is 0 Å². The Hall–Kier alpha value is -0.0100. The van der Waals surface area contributed by atoms with Gasteiger partial charge in [0.25, 0.3) is 0 Å². The molecular formula is C10H18O4S3. The molecule has 0 aromatic heterocycles. The lowest BCUT2D eigenvalue weighted by Gasteiger charge is -2.12. The first-order valence-corrected chi connectivity index (χ1v) is 9.08. The van der Waals surface area contributed by atoms with Crippen molar-refractivity contribution in [2.45, 2.75) is 50.0 Å². The van der Waals surface area contributed by atoms with Crippen LogP contribution in [0, 0.1) is 0 Å². The maximum atomic E-state index is 10.9. The van der Waals surface area contributed by atoms with Crippen molar-refractivity contribution in [1.29, 1.82) is 0 Å². The molecular weight excluding hydrogens is 280 g/mol. The van der Waals surface area contributed by atoms with E-state index < -0.39 is 22.4 Å². The molecule has 100 valence electrons. The summed E-state index contributed by atoms with van der Waals surface area (Å²) in [5, 5.41) is 16.9. The van der Waals surface area contributed by atoms with Gasteiger partial charge in [-0.25, -0.2) is 0 Å². The maximum Gasteiger partial charge on any atom is 0.317 e. The minimum Gasteiger partial charge on any atom is -0.480 e. The highest BCUT2D eigenvalue weighted by atomic mass is 33.5. The number of hydrogen-bond acceptors (Lipinski definition) is 5. The van der Waals surface area contributed by atoms with Crippen molar-refractivity contribution >= 4 is 43.4 Å². The first-order valence-electron chi connectivity index (χ1n) is 5.47. The molecule has 0 rings (SSSR count). The fourth-order valence-electron chi connectivity index (χ4n) is 1.07. The van der Waals surface area contributed by atoms with Crippen molar-refractivity contribution in [3.63, 3.8) is 0 Å². The molecule has 7 heteroatoms. The van der Waals surface area contributed by atoms with Crippen LogP contribution in [0.1, 0.15) is 39.5 Å². The lowest BCUT2D eigenvalue weighted by molar-refractivity contribution is -0.137. The minimum atomic E-state index is -0.827. The van der Waals surface area contributed by atoms with E-state index in [2.05, 4.69) is 0 Å². The van der Waals surface area contributed by atoms with Crippen LogP contribution in [-0.4, -0.2) is 32.7 Å². The van der Waals surface area contributed by atoms with Crippen molar-refractivity contribution in [2.75, 3.05) is 0 Å². The molecule has 0 aliphatic heterocycles. The van der Waals surface area contributed by atoms with E-state index in [0.29, 0.717) is 12.8 Å². The van der Waals surface area contributed by atoms with Gasteiger partial charge in [-0.3, -0.25) is 9.59 Å². The number of carbonyl (C=O) groups is 2. The third-order valence-corrected chi connectivity index (χ3v) is 6.74. The Morgan fingerprint density at radius 2 is 1.29 bits per heavy atom. The molecule has 4 nitrogen and oxygen atoms in total. The lowest BCUT2D eigenvalue weighted by Crippen LogP contribution is -2.16. The zero-order chi connectivity index (χ0) is 13.3. The standard InChI is InChI=1S/C10H18O4S3/c1-3-5-7(9(11)12)15-17-16-8(6-4-2)10(13)14/h7-8H,3-6H2,1-2H3,(H,11,12)(H,13,14). The van der Waals surface area contributed by atoms with Gasteiger partial charge in [0.2, 0.25) is 0 Å². The Morgan fingerprint density at radius 3 is 1.53 bits per heavy atom. The van der Waals surface area contributed by atoms with Crippen LogP contribution in [0.15, 0.2) is 0 Å². The molecule has 0 radical (unpaired) electrons. The van der Waals surface area contributed by atoms with Crippen LogP contribution in [0.3, 0.4) is 0 Å². The third-order valence-electron chi connectivity index (χ3n) is 1.96. The van der Waals surface area contributed by atoms with Crippen LogP contribution in [0.2, 0.25) is 0 Å². The topological polar surface area (TPSA) is 74.6 Å². The summed E-state index contributed by atoms with van der Waals surface area (Å²) in [6.07, 6.45) is 2.84. The van der Waals surface area contributed by atoms with Crippen molar-refractivity contribution in [3.8, 4) is 0 Å². The van der Waals surface area contributed by atoms with Crippen LogP contribution >= 0.6 is 31.4 Å². The van der Waals surface area contributed by atoms with Crippen molar-refractivity contribution in [3.05, 3.63) is 0 Å². The molecule has 0 saturated heterocycles. The van der Waals surface area contributed by atoms with E-state index in [-0.39, 0.29) is 0 Å². The quantitative estimate of drug-likeness (QED) is 0.598. The summed E-state index contributed by atoms with van der Waals surface area (Å²) in [6, 6.07) is 0. The molecule has 0 heterocycles. The van der Waals surface area contributed by atoms with E-state index in [0.717, 1.165) is 12.8 Å². The van der Waals surface area contributed by atoms with Gasteiger partial charge in [-0.05, 0) is 22.7 Å². The van der Waals surface area contributed by atoms with Gasteiger partial charge in [0.05, 0.1) is 0 Å². The summed E-state index contributed by atoms with van der Waals surface area (Å²) in [6.45, 7) is 3.87. The Labute approximate surface area is 113 Å². The van der Waals surface area contributed by atoms with Gasteiger partial charge >= 0.3 is 11.9 Å². The average molecular weight is 298 g/mol. The third kappa shape index (κ3) is 7.83. The van der Waals surface area contributed by atoms with E-state index in [4.69, 9.17) is 10.2 Å². The van der Waals surface area contributed by atoms with Crippen LogP contribution < -0.4 is 0 Å². The summed E-state index contributed by atoms with van der Waals surface area (Å²) in [5.74, 6) is -1.65. The molecule has 2 unspecified atom stereocenters. The van der Waals surface area contributed by atoms with Gasteiger partial charge in [0.1, 0.15) is 10.5 Å². The predicted molar refractivity (Wildman–Crippen MR) is 75.4 cm³/mol. The summed E-state index contributed by atoms with van der Waals surface area (Å²) < 4.78 is 0. The van der Waals surface area contributed by atoms with Gasteiger partial charge < -0.3 is 10.2 Å². The molecule has 0 aliphatic carbocycles. The smallest absolute Gasteiger partial charge is 0.317 e. The number of carboxylic acids is 2. The van der Waals surface area contributed by atoms with Gasteiger partial charge in [0.15, 0.2) is 0 Å². The summed E-state index contributed by atoms with van der Waals surface area (Å²) >= 11 is 0. The van der Waals surface area contributed by atoms with Crippen molar-refractivity contribution in [2.24, 2.45) is 0 Å². The number of rotatable bonds is 10. The first kappa shape index (κ1) is 17.0. The highest BCUT2D eigenvalue weighted by Crippen LogP contribution is 2.42. The van der Waals surface area contributed by atoms with E-state index in [9.17, 15) is 9.59 Å². The molecule has 17 heavy (non-hydrogen) atoms. The number of carboxylic acid groups (broad SMARTS) is 2. The summed E-state index contributed by atoms with van der Waals surface area (Å²) in [4.78, 5) is 21.7. The fourth-order valence-corrected chi connectivity index (χ4v) is 6.02. The van der Waals surface area contributed by atoms with E-state index >= 15 is 0 Å². The molecule has 2 atom stereocenters. The Morgan fingerprint density at radius 1 is 0.941 bits per heavy atom. The molecule has 0 fully saturated rings. The minimum absolute atomic E-state index is 0.450. The first-order chi connectivity index (χ1) is 8.02. The summed E-state index contributed by atoms with van der Waals surface area (Å²) in [5.41, 5.74) is 0. The average Bonchev–Trinajstić information content (AvgIpc) is 2.26. The van der Waals surface area contributed by atoms with Gasteiger partial charge in [-0.2, -0.15) is 0 Å². The monoisotopic (exact) mass is 298 g/mol. The number of aliphatic carboxylic acids is 2. The summed E-state index contributed by atoms with van der Waals surface area (Å²) in [7, 11) is 3.76. The molecule has 0 aromatic carbocycles. The molecule has 2 N–H and O–H groups in total. The van der Waals surface area contributed by atoms with Crippen LogP contribution in [0.5, 0.6) is 0 Å². The molecule has 0 bridgehead atoms.